The minimum absolute atomic E-state index is 0.0768. The van der Waals surface area contributed by atoms with Gasteiger partial charge in [-0.05, 0) is 60.9 Å². The summed E-state index contributed by atoms with van der Waals surface area (Å²) in [5.74, 6) is 0.670. The Morgan fingerprint density at radius 3 is 2.71 bits per heavy atom. The maximum atomic E-state index is 13.1. The fourth-order valence-corrected chi connectivity index (χ4v) is 5.53. The van der Waals surface area contributed by atoms with Gasteiger partial charge in [-0.3, -0.25) is 9.69 Å². The number of thiophene rings is 1. The third-order valence-electron chi connectivity index (χ3n) is 6.77. The average molecular weight is 491 g/mol. The first-order valence-corrected chi connectivity index (χ1v) is 13.3. The molecule has 1 atom stereocenters. The van der Waals surface area contributed by atoms with Crippen LogP contribution in [0.2, 0.25) is 0 Å². The molecule has 2 aliphatic rings. The van der Waals surface area contributed by atoms with Gasteiger partial charge in [-0.15, -0.1) is 11.3 Å². The maximum Gasteiger partial charge on any atom is 0.252 e. The number of hydrogen-bond donors (Lipinski definition) is 3. The molecule has 0 bridgehead atoms. The molecular formula is C28H34N4O2S. The third-order valence-corrected chi connectivity index (χ3v) is 7.89. The molecule has 3 N–H and O–H groups in total. The molecule has 35 heavy (non-hydrogen) atoms. The number of amides is 1. The van der Waals surface area contributed by atoms with Crippen molar-refractivity contribution in [3.05, 3.63) is 76.2 Å². The fraction of sp³-hybridized carbons (Fsp3) is 0.393. The normalized spacial score (nSPS) is 17.5. The molecule has 2 aromatic carbocycles. The third kappa shape index (κ3) is 5.93. The van der Waals surface area contributed by atoms with E-state index >= 15 is 0 Å². The van der Waals surface area contributed by atoms with Crippen molar-refractivity contribution in [3.8, 4) is 16.2 Å². The van der Waals surface area contributed by atoms with E-state index < -0.39 is 0 Å². The average Bonchev–Trinajstić information content (AvgIpc) is 3.31. The number of rotatable bonds is 8. The molecule has 2 saturated heterocycles. The van der Waals surface area contributed by atoms with Crippen LogP contribution >= 0.6 is 11.3 Å². The number of nitrogens with zero attached hydrogens (tertiary/aromatic N) is 1. The topological polar surface area (TPSA) is 65.6 Å². The van der Waals surface area contributed by atoms with Crippen LogP contribution in [0.3, 0.4) is 0 Å². The molecule has 2 aliphatic heterocycles. The van der Waals surface area contributed by atoms with Crippen LogP contribution in [0.4, 0.5) is 0 Å². The fourth-order valence-electron chi connectivity index (χ4n) is 4.48. The van der Waals surface area contributed by atoms with E-state index in [1.807, 2.05) is 43.4 Å². The van der Waals surface area contributed by atoms with Gasteiger partial charge in [0.1, 0.15) is 11.9 Å². The van der Waals surface area contributed by atoms with Crippen molar-refractivity contribution in [1.82, 2.24) is 20.9 Å². The number of hydrogen-bond acceptors (Lipinski definition) is 6. The minimum atomic E-state index is -0.109. The first-order chi connectivity index (χ1) is 17.0. The number of carbonyl (C=O) groups is 1. The highest BCUT2D eigenvalue weighted by Crippen LogP contribution is 2.31. The van der Waals surface area contributed by atoms with Crippen molar-refractivity contribution in [1.29, 1.82) is 0 Å². The second kappa shape index (κ2) is 10.9. The van der Waals surface area contributed by atoms with Crippen LogP contribution in [0.25, 0.3) is 10.4 Å². The van der Waals surface area contributed by atoms with Crippen molar-refractivity contribution < 1.29 is 9.53 Å². The number of ether oxygens (including phenoxy) is 1. The molecule has 0 radical (unpaired) electrons. The smallest absolute Gasteiger partial charge is 0.252 e. The van der Waals surface area contributed by atoms with Gasteiger partial charge in [0.2, 0.25) is 0 Å². The van der Waals surface area contributed by atoms with Crippen LogP contribution in [0, 0.1) is 6.92 Å². The van der Waals surface area contributed by atoms with Crippen LogP contribution in [0.15, 0.2) is 54.6 Å². The number of nitrogens with one attached hydrogen (secondary N) is 3. The van der Waals surface area contributed by atoms with Crippen molar-refractivity contribution in [2.75, 3.05) is 39.3 Å². The van der Waals surface area contributed by atoms with Gasteiger partial charge in [0.05, 0.1) is 6.04 Å². The highest BCUT2D eigenvalue weighted by Gasteiger charge is 2.20. The quantitative estimate of drug-likeness (QED) is 0.446. The summed E-state index contributed by atoms with van der Waals surface area (Å²) in [5, 5.41) is 9.80. The second-order valence-electron chi connectivity index (χ2n) is 9.49. The zero-order valence-corrected chi connectivity index (χ0v) is 21.3. The second-order valence-corrected chi connectivity index (χ2v) is 10.7. The molecule has 1 amide bonds. The van der Waals surface area contributed by atoms with Gasteiger partial charge in [0.15, 0.2) is 0 Å². The molecule has 5 rings (SSSR count). The Hall–Kier alpha value is -2.71. The van der Waals surface area contributed by atoms with Gasteiger partial charge in [0.25, 0.3) is 5.91 Å². The lowest BCUT2D eigenvalue weighted by Gasteiger charge is -2.28. The molecule has 184 valence electrons. The van der Waals surface area contributed by atoms with E-state index in [2.05, 4.69) is 57.2 Å². The minimum Gasteiger partial charge on any atom is -0.488 e. The highest BCUT2D eigenvalue weighted by atomic mass is 32.1. The van der Waals surface area contributed by atoms with Gasteiger partial charge < -0.3 is 20.7 Å². The molecule has 6 nitrogen and oxygen atoms in total. The SMILES string of the molecule is Cc1ccc(OC2CNC2)cc1C(=O)N[C@H](C)c1cccc(-c2ccc(CN3CCNCC3)s2)c1. The Morgan fingerprint density at radius 1 is 1.11 bits per heavy atom. The summed E-state index contributed by atoms with van der Waals surface area (Å²) in [5.41, 5.74) is 3.89. The monoisotopic (exact) mass is 490 g/mol. The molecule has 0 unspecified atom stereocenters. The van der Waals surface area contributed by atoms with Gasteiger partial charge in [-0.25, -0.2) is 0 Å². The van der Waals surface area contributed by atoms with Gasteiger partial charge in [-0.2, -0.15) is 0 Å². The Labute approximate surface area is 211 Å². The van der Waals surface area contributed by atoms with E-state index in [1.165, 1.54) is 15.3 Å². The summed E-state index contributed by atoms with van der Waals surface area (Å²) in [6.45, 7) is 11.1. The maximum absolute atomic E-state index is 13.1. The van der Waals surface area contributed by atoms with E-state index in [0.717, 1.165) is 62.7 Å². The Morgan fingerprint density at radius 2 is 1.94 bits per heavy atom. The molecule has 3 heterocycles. The molecule has 0 aliphatic carbocycles. The van der Waals surface area contributed by atoms with E-state index in [0.29, 0.717) is 5.56 Å². The predicted molar refractivity (Wildman–Crippen MR) is 142 cm³/mol. The van der Waals surface area contributed by atoms with E-state index in [4.69, 9.17) is 4.74 Å². The van der Waals surface area contributed by atoms with Gasteiger partial charge in [-0.1, -0.05) is 24.3 Å². The Bertz CT molecular complexity index is 1170. The summed E-state index contributed by atoms with van der Waals surface area (Å²) in [7, 11) is 0. The van der Waals surface area contributed by atoms with E-state index in [1.54, 1.807) is 0 Å². The largest absolute Gasteiger partial charge is 0.488 e. The molecule has 2 fully saturated rings. The highest BCUT2D eigenvalue weighted by molar-refractivity contribution is 7.15. The molecule has 1 aromatic heterocycles. The molecule has 0 saturated carbocycles. The summed E-state index contributed by atoms with van der Waals surface area (Å²) in [6, 6.07) is 18.6. The van der Waals surface area contributed by atoms with Crippen LogP contribution in [0.5, 0.6) is 5.75 Å². The number of piperazine rings is 1. The molecule has 7 heteroatoms. The lowest BCUT2D eigenvalue weighted by molar-refractivity contribution is 0.0937. The number of aryl methyl sites for hydroxylation is 1. The van der Waals surface area contributed by atoms with Crippen LogP contribution < -0.4 is 20.7 Å². The van der Waals surface area contributed by atoms with E-state index in [-0.39, 0.29) is 18.1 Å². The summed E-state index contributed by atoms with van der Waals surface area (Å²) < 4.78 is 5.95. The first kappa shape index (κ1) is 24.0. The molecular weight excluding hydrogens is 456 g/mol. The zero-order chi connectivity index (χ0) is 24.2. The predicted octanol–water partition coefficient (Wildman–Crippen LogP) is 3.97. The Kier molecular flexibility index (Phi) is 7.48. The van der Waals surface area contributed by atoms with Crippen molar-refractivity contribution in [2.45, 2.75) is 32.5 Å². The summed E-state index contributed by atoms with van der Waals surface area (Å²) >= 11 is 1.86. The number of carbonyl (C=O) groups excluding carboxylic acids is 1. The van der Waals surface area contributed by atoms with Crippen LogP contribution in [-0.2, 0) is 6.54 Å². The lowest BCUT2D eigenvalue weighted by atomic mass is 10.0. The van der Waals surface area contributed by atoms with Crippen LogP contribution in [0.1, 0.15) is 39.3 Å². The Balaban J connectivity index is 1.25. The lowest BCUT2D eigenvalue weighted by Crippen LogP contribution is -2.50. The van der Waals surface area contributed by atoms with Crippen LogP contribution in [-0.4, -0.2) is 56.2 Å². The molecule has 0 spiro atoms. The summed E-state index contributed by atoms with van der Waals surface area (Å²) in [4.78, 5) is 18.3. The first-order valence-electron chi connectivity index (χ1n) is 12.5. The van der Waals surface area contributed by atoms with Crippen molar-refractivity contribution >= 4 is 17.2 Å². The molecule has 3 aromatic rings. The summed E-state index contributed by atoms with van der Waals surface area (Å²) in [6.07, 6.45) is 0.185. The standard InChI is InChI=1S/C28H34N4O2S/c1-19-6-7-23(34-24-16-30-17-24)15-26(19)28(33)31-20(2)21-4-3-5-22(14-21)27-9-8-25(35-27)18-32-12-10-29-11-13-32/h3-9,14-15,20,24,29-30H,10-13,16-18H2,1-2H3,(H,31,33)/t20-/m1/s1. The van der Waals surface area contributed by atoms with Crippen molar-refractivity contribution in [2.24, 2.45) is 0 Å². The van der Waals surface area contributed by atoms with Gasteiger partial charge in [0, 0.05) is 61.1 Å². The zero-order valence-electron chi connectivity index (χ0n) is 20.5. The van der Waals surface area contributed by atoms with E-state index in [9.17, 15) is 4.79 Å². The number of benzene rings is 2. The van der Waals surface area contributed by atoms with Gasteiger partial charge >= 0.3 is 0 Å². The van der Waals surface area contributed by atoms with Crippen molar-refractivity contribution in [3.63, 3.8) is 0 Å².